The molecule has 2 saturated heterocycles. The molecule has 2 fully saturated rings. The monoisotopic (exact) mass is 476 g/mol. The molecule has 176 valence electrons. The second-order valence-corrected chi connectivity index (χ2v) is 9.98. The molecule has 1 unspecified atom stereocenters. The molecule has 33 heavy (non-hydrogen) atoms. The first-order valence-corrected chi connectivity index (χ1v) is 12.2. The van der Waals surface area contributed by atoms with Crippen LogP contribution >= 0.6 is 11.8 Å². The minimum Gasteiger partial charge on any atom is -0.342 e. The summed E-state index contributed by atoms with van der Waals surface area (Å²) in [6.45, 7) is 3.69. The summed E-state index contributed by atoms with van der Waals surface area (Å²) >= 11 is 1.72. The zero-order chi connectivity index (χ0) is 23.6. The maximum atomic E-state index is 13.2. The van der Waals surface area contributed by atoms with Gasteiger partial charge in [0.05, 0.1) is 16.4 Å². The van der Waals surface area contributed by atoms with E-state index in [9.17, 15) is 22.8 Å². The van der Waals surface area contributed by atoms with Crippen molar-refractivity contribution >= 4 is 23.6 Å². The van der Waals surface area contributed by atoms with Gasteiger partial charge in [-0.1, -0.05) is 37.3 Å². The maximum Gasteiger partial charge on any atom is 0.416 e. The standard InChI is InChI=1S/C25H27F3N2O2S/c1-2-21(18-6-4-3-5-7-18)23(32)29-14-12-24(13-15-29)30(16-17-33-24)22(31)19-8-10-20(11-9-19)25(26,27)28/h3-11,21H,2,12-17H2,1H3. The number of alkyl halides is 3. The van der Waals surface area contributed by atoms with Crippen molar-refractivity contribution in [2.75, 3.05) is 25.4 Å². The average molecular weight is 477 g/mol. The van der Waals surface area contributed by atoms with Crippen LogP contribution in [-0.4, -0.2) is 51.9 Å². The lowest BCUT2D eigenvalue weighted by molar-refractivity contribution is -0.137. The first kappa shape index (κ1) is 23.7. The second kappa shape index (κ2) is 9.41. The molecule has 4 nitrogen and oxygen atoms in total. The minimum atomic E-state index is -4.43. The molecule has 2 heterocycles. The summed E-state index contributed by atoms with van der Waals surface area (Å²) in [5.41, 5.74) is 0.512. The predicted molar refractivity (Wildman–Crippen MR) is 123 cm³/mol. The van der Waals surface area contributed by atoms with Crippen LogP contribution in [0, 0.1) is 0 Å². The van der Waals surface area contributed by atoms with E-state index in [0.717, 1.165) is 29.9 Å². The van der Waals surface area contributed by atoms with Gasteiger partial charge in [-0.25, -0.2) is 0 Å². The van der Waals surface area contributed by atoms with Crippen LogP contribution in [0.15, 0.2) is 54.6 Å². The predicted octanol–water partition coefficient (Wildman–Crippen LogP) is 5.41. The summed E-state index contributed by atoms with van der Waals surface area (Å²) in [6.07, 6.45) is -2.40. The average Bonchev–Trinajstić information content (AvgIpc) is 3.22. The molecule has 1 atom stereocenters. The zero-order valence-electron chi connectivity index (χ0n) is 18.5. The Labute approximate surface area is 196 Å². The van der Waals surface area contributed by atoms with E-state index in [1.807, 2.05) is 42.2 Å². The number of carbonyl (C=O) groups is 2. The summed E-state index contributed by atoms with van der Waals surface area (Å²) < 4.78 is 38.6. The van der Waals surface area contributed by atoms with Gasteiger partial charge in [-0.3, -0.25) is 9.59 Å². The lowest BCUT2D eigenvalue weighted by Crippen LogP contribution is -2.54. The summed E-state index contributed by atoms with van der Waals surface area (Å²) in [5, 5.41) is 0. The molecule has 0 aromatic heterocycles. The molecule has 2 aliphatic heterocycles. The Bertz CT molecular complexity index is 987. The van der Waals surface area contributed by atoms with E-state index >= 15 is 0 Å². The van der Waals surface area contributed by atoms with E-state index in [2.05, 4.69) is 0 Å². The number of hydrogen-bond donors (Lipinski definition) is 0. The van der Waals surface area contributed by atoms with Crippen LogP contribution in [0.2, 0.25) is 0 Å². The fourth-order valence-electron chi connectivity index (χ4n) is 4.80. The number of likely N-dealkylation sites (tertiary alicyclic amines) is 1. The topological polar surface area (TPSA) is 40.6 Å². The fourth-order valence-corrected chi connectivity index (χ4v) is 6.26. The molecule has 2 aliphatic rings. The normalized spacial score (nSPS) is 19.0. The van der Waals surface area contributed by atoms with Crippen molar-refractivity contribution in [3.63, 3.8) is 0 Å². The number of hydrogen-bond acceptors (Lipinski definition) is 3. The number of thioether (sulfide) groups is 1. The van der Waals surface area contributed by atoms with Crippen molar-refractivity contribution in [2.24, 2.45) is 0 Å². The smallest absolute Gasteiger partial charge is 0.342 e. The Morgan fingerprint density at radius 3 is 2.21 bits per heavy atom. The first-order valence-electron chi connectivity index (χ1n) is 11.2. The molecule has 0 aliphatic carbocycles. The van der Waals surface area contributed by atoms with Crippen LogP contribution < -0.4 is 0 Å². The highest BCUT2D eigenvalue weighted by Gasteiger charge is 2.47. The van der Waals surface area contributed by atoms with Gasteiger partial charge in [0.25, 0.3) is 5.91 Å². The van der Waals surface area contributed by atoms with Gasteiger partial charge in [0, 0.05) is 31.0 Å². The molecule has 2 aromatic rings. The zero-order valence-corrected chi connectivity index (χ0v) is 19.3. The van der Waals surface area contributed by atoms with Crippen LogP contribution in [0.5, 0.6) is 0 Å². The fraction of sp³-hybridized carbons (Fsp3) is 0.440. The van der Waals surface area contributed by atoms with Gasteiger partial charge in [-0.15, -0.1) is 11.8 Å². The van der Waals surface area contributed by atoms with Crippen molar-refractivity contribution in [1.82, 2.24) is 9.80 Å². The van der Waals surface area contributed by atoms with Crippen LogP contribution in [0.4, 0.5) is 13.2 Å². The Hall–Kier alpha value is -2.48. The number of rotatable bonds is 4. The van der Waals surface area contributed by atoms with E-state index in [4.69, 9.17) is 0 Å². The second-order valence-electron chi connectivity index (χ2n) is 8.52. The first-order chi connectivity index (χ1) is 15.7. The molecular weight excluding hydrogens is 449 g/mol. The molecule has 0 bridgehead atoms. The van der Waals surface area contributed by atoms with Crippen molar-refractivity contribution in [2.45, 2.75) is 43.2 Å². The van der Waals surface area contributed by atoms with Crippen molar-refractivity contribution in [3.8, 4) is 0 Å². The number of benzene rings is 2. The van der Waals surface area contributed by atoms with Crippen LogP contribution in [0.3, 0.4) is 0 Å². The van der Waals surface area contributed by atoms with Gasteiger partial charge >= 0.3 is 6.18 Å². The Morgan fingerprint density at radius 2 is 1.64 bits per heavy atom. The maximum absolute atomic E-state index is 13.2. The highest BCUT2D eigenvalue weighted by Crippen LogP contribution is 2.45. The summed E-state index contributed by atoms with van der Waals surface area (Å²) in [4.78, 5) is 29.7. The third-order valence-electron chi connectivity index (χ3n) is 6.65. The largest absolute Gasteiger partial charge is 0.416 e. The molecule has 1 spiro atoms. The van der Waals surface area contributed by atoms with E-state index in [0.29, 0.717) is 32.5 Å². The molecule has 0 saturated carbocycles. The number of piperidine rings is 1. The number of nitrogens with zero attached hydrogens (tertiary/aromatic N) is 2. The highest BCUT2D eigenvalue weighted by molar-refractivity contribution is 8.00. The third-order valence-corrected chi connectivity index (χ3v) is 8.20. The molecule has 0 N–H and O–H groups in total. The van der Waals surface area contributed by atoms with Gasteiger partial charge in [0.2, 0.25) is 5.91 Å². The Kier molecular flexibility index (Phi) is 6.75. The quantitative estimate of drug-likeness (QED) is 0.593. The third kappa shape index (κ3) is 4.76. The summed E-state index contributed by atoms with van der Waals surface area (Å²) in [6, 6.07) is 14.2. The van der Waals surface area contributed by atoms with Crippen LogP contribution in [0.25, 0.3) is 0 Å². The molecule has 2 aromatic carbocycles. The number of halogens is 3. The molecule has 0 radical (unpaired) electrons. The highest BCUT2D eigenvalue weighted by atomic mass is 32.2. The van der Waals surface area contributed by atoms with Crippen molar-refractivity contribution < 1.29 is 22.8 Å². The lowest BCUT2D eigenvalue weighted by atomic mass is 9.93. The number of carbonyl (C=O) groups excluding carboxylic acids is 2. The van der Waals surface area contributed by atoms with E-state index < -0.39 is 16.6 Å². The summed E-state index contributed by atoms with van der Waals surface area (Å²) in [5.74, 6) is 0.467. The Balaban J connectivity index is 1.45. The van der Waals surface area contributed by atoms with E-state index in [1.165, 1.54) is 12.1 Å². The van der Waals surface area contributed by atoms with Crippen molar-refractivity contribution in [3.05, 3.63) is 71.3 Å². The minimum absolute atomic E-state index is 0.113. The van der Waals surface area contributed by atoms with Crippen LogP contribution in [-0.2, 0) is 11.0 Å². The van der Waals surface area contributed by atoms with Gasteiger partial charge in [-0.05, 0) is 49.1 Å². The van der Waals surface area contributed by atoms with E-state index in [1.54, 1.807) is 16.7 Å². The van der Waals surface area contributed by atoms with Crippen molar-refractivity contribution in [1.29, 1.82) is 0 Å². The van der Waals surface area contributed by atoms with Gasteiger partial charge in [-0.2, -0.15) is 13.2 Å². The lowest BCUT2D eigenvalue weighted by Gasteiger charge is -2.44. The molecular formula is C25H27F3N2O2S. The van der Waals surface area contributed by atoms with Gasteiger partial charge < -0.3 is 9.80 Å². The molecule has 2 amide bonds. The Morgan fingerprint density at radius 1 is 1.00 bits per heavy atom. The molecule has 8 heteroatoms. The van der Waals surface area contributed by atoms with E-state index in [-0.39, 0.29) is 23.3 Å². The van der Waals surface area contributed by atoms with Gasteiger partial charge in [0.1, 0.15) is 0 Å². The number of amides is 2. The molecule has 4 rings (SSSR count). The summed E-state index contributed by atoms with van der Waals surface area (Å²) in [7, 11) is 0. The SMILES string of the molecule is CCC(C(=O)N1CCC2(CC1)SCCN2C(=O)c1ccc(C(F)(F)F)cc1)c1ccccc1. The van der Waals surface area contributed by atoms with Gasteiger partial charge in [0.15, 0.2) is 0 Å². The van der Waals surface area contributed by atoms with Crippen LogP contribution in [0.1, 0.15) is 53.6 Å².